The first kappa shape index (κ1) is 23.0. The maximum atomic E-state index is 13.8. The highest BCUT2D eigenvalue weighted by Gasteiger charge is 2.32. The summed E-state index contributed by atoms with van der Waals surface area (Å²) in [7, 11) is 0. The number of rotatable bonds is 4. The second kappa shape index (κ2) is 9.62. The molecule has 0 radical (unpaired) electrons. The highest BCUT2D eigenvalue weighted by atomic mass is 19.1. The molecule has 1 saturated carbocycles. The maximum Gasteiger partial charge on any atom is 0.426 e. The Morgan fingerprint density at radius 2 is 1.87 bits per heavy atom. The minimum Gasteiger partial charge on any atom is -0.443 e. The van der Waals surface area contributed by atoms with Crippen LogP contribution in [0.1, 0.15) is 71.3 Å². The number of hydrazine groups is 1. The zero-order chi connectivity index (χ0) is 22.6. The van der Waals surface area contributed by atoms with E-state index in [2.05, 4.69) is 15.8 Å². The summed E-state index contributed by atoms with van der Waals surface area (Å²) in [5, 5.41) is 0.872. The van der Waals surface area contributed by atoms with E-state index in [9.17, 15) is 14.0 Å². The molecule has 1 atom stereocenters. The molecule has 1 heterocycles. The van der Waals surface area contributed by atoms with E-state index in [1.165, 1.54) is 6.07 Å². The molecule has 2 aromatic rings. The predicted octanol–water partition coefficient (Wildman–Crippen LogP) is 5.23. The molecule has 1 aliphatic rings. The minimum atomic E-state index is -0.670. The number of benzene rings is 1. The van der Waals surface area contributed by atoms with Crippen molar-refractivity contribution < 1.29 is 18.7 Å². The van der Waals surface area contributed by atoms with Gasteiger partial charge in [0.1, 0.15) is 11.4 Å². The predicted molar refractivity (Wildman–Crippen MR) is 118 cm³/mol. The van der Waals surface area contributed by atoms with Crippen molar-refractivity contribution in [3.8, 4) is 0 Å². The standard InChI is InChI=1S/C24H32FN3O3/c1-5-18(22(29)27-28-23(30)31-24(2,3)4)15-6-8-16(9-7-15)19-12-13-26-21-11-10-17(25)14-20(19)21/h10-16,18H,5-9H2,1-4H3,(H,27,29)(H,28,30)/t15-,16+,18?. The van der Waals surface area contributed by atoms with E-state index < -0.39 is 11.7 Å². The van der Waals surface area contributed by atoms with Gasteiger partial charge in [-0.1, -0.05) is 6.92 Å². The highest BCUT2D eigenvalue weighted by molar-refractivity contribution is 5.83. The summed E-state index contributed by atoms with van der Waals surface area (Å²) in [6, 6.07) is 6.70. The average molecular weight is 430 g/mol. The molecule has 1 aliphatic carbocycles. The summed E-state index contributed by atoms with van der Waals surface area (Å²) in [6.07, 6.45) is 5.49. The third-order valence-electron chi connectivity index (χ3n) is 5.98. The molecule has 1 fully saturated rings. The van der Waals surface area contributed by atoms with E-state index in [4.69, 9.17) is 4.74 Å². The number of hydrogen-bond donors (Lipinski definition) is 2. The molecule has 2 N–H and O–H groups in total. The van der Waals surface area contributed by atoms with Gasteiger partial charge >= 0.3 is 6.09 Å². The van der Waals surface area contributed by atoms with E-state index >= 15 is 0 Å². The molecule has 0 bridgehead atoms. The van der Waals surface area contributed by atoms with Crippen LogP contribution in [0.25, 0.3) is 10.9 Å². The van der Waals surface area contributed by atoms with Crippen molar-refractivity contribution in [3.05, 3.63) is 41.8 Å². The third-order valence-corrected chi connectivity index (χ3v) is 5.98. The smallest absolute Gasteiger partial charge is 0.426 e. The lowest BCUT2D eigenvalue weighted by molar-refractivity contribution is -0.128. The molecule has 0 spiro atoms. The van der Waals surface area contributed by atoms with Gasteiger partial charge in [0.15, 0.2) is 0 Å². The van der Waals surface area contributed by atoms with Crippen LogP contribution >= 0.6 is 0 Å². The molecular formula is C24H32FN3O3. The second-order valence-corrected chi connectivity index (χ2v) is 9.30. The number of nitrogens with one attached hydrogen (secondary N) is 2. The summed E-state index contributed by atoms with van der Waals surface area (Å²) in [5.74, 6) is -0.0538. The van der Waals surface area contributed by atoms with Gasteiger partial charge in [0.2, 0.25) is 5.91 Å². The summed E-state index contributed by atoms with van der Waals surface area (Å²) >= 11 is 0. The van der Waals surface area contributed by atoms with Crippen LogP contribution in [0.3, 0.4) is 0 Å². The SMILES string of the molecule is CCC(C(=O)NNC(=O)OC(C)(C)C)[C@H]1CC[C@@H](c2ccnc3ccc(F)cc32)CC1. The van der Waals surface area contributed by atoms with Crippen LogP contribution in [0.2, 0.25) is 0 Å². The second-order valence-electron chi connectivity index (χ2n) is 9.30. The summed E-state index contributed by atoms with van der Waals surface area (Å²) in [5.41, 5.74) is 6.17. The Balaban J connectivity index is 1.60. The Bertz CT molecular complexity index is 933. The van der Waals surface area contributed by atoms with Crippen molar-refractivity contribution in [2.45, 2.75) is 71.3 Å². The first-order valence-electron chi connectivity index (χ1n) is 11.0. The van der Waals surface area contributed by atoms with Crippen molar-refractivity contribution in [1.29, 1.82) is 0 Å². The molecule has 1 aromatic heterocycles. The van der Waals surface area contributed by atoms with Gasteiger partial charge in [-0.15, -0.1) is 0 Å². The molecule has 0 saturated heterocycles. The number of carbonyl (C=O) groups excluding carboxylic acids is 2. The fraction of sp³-hybridized carbons (Fsp3) is 0.542. The van der Waals surface area contributed by atoms with Crippen LogP contribution in [-0.4, -0.2) is 22.6 Å². The van der Waals surface area contributed by atoms with Crippen molar-refractivity contribution in [2.75, 3.05) is 0 Å². The number of ether oxygens (including phenoxy) is 1. The number of aromatic nitrogens is 1. The van der Waals surface area contributed by atoms with Crippen molar-refractivity contribution in [1.82, 2.24) is 15.8 Å². The van der Waals surface area contributed by atoms with Gasteiger partial charge in [-0.3, -0.25) is 15.2 Å². The van der Waals surface area contributed by atoms with E-state index in [-0.39, 0.29) is 23.6 Å². The van der Waals surface area contributed by atoms with Gasteiger partial charge in [0.05, 0.1) is 5.52 Å². The number of fused-ring (bicyclic) bond motifs is 1. The average Bonchev–Trinajstić information content (AvgIpc) is 2.71. The normalized spacial score (nSPS) is 20.2. The zero-order valence-electron chi connectivity index (χ0n) is 18.7. The molecule has 1 aromatic carbocycles. The number of pyridine rings is 1. The zero-order valence-corrected chi connectivity index (χ0v) is 18.7. The van der Waals surface area contributed by atoms with E-state index in [0.29, 0.717) is 12.3 Å². The van der Waals surface area contributed by atoms with Crippen LogP contribution in [0.15, 0.2) is 30.5 Å². The van der Waals surface area contributed by atoms with Gasteiger partial charge in [-0.2, -0.15) is 0 Å². The van der Waals surface area contributed by atoms with Gasteiger partial charge < -0.3 is 4.74 Å². The van der Waals surface area contributed by atoms with Gasteiger partial charge in [-0.25, -0.2) is 14.6 Å². The van der Waals surface area contributed by atoms with E-state index in [1.807, 2.05) is 13.0 Å². The van der Waals surface area contributed by atoms with E-state index in [1.54, 1.807) is 39.1 Å². The summed E-state index contributed by atoms with van der Waals surface area (Å²) in [6.45, 7) is 7.29. The Morgan fingerprint density at radius 3 is 2.52 bits per heavy atom. The van der Waals surface area contributed by atoms with Crippen molar-refractivity contribution in [3.63, 3.8) is 0 Å². The third kappa shape index (κ3) is 5.93. The molecule has 31 heavy (non-hydrogen) atoms. The fourth-order valence-corrected chi connectivity index (χ4v) is 4.57. The molecule has 168 valence electrons. The van der Waals surface area contributed by atoms with Crippen molar-refractivity contribution >= 4 is 22.9 Å². The monoisotopic (exact) mass is 429 g/mol. The van der Waals surface area contributed by atoms with Crippen LogP contribution in [0.5, 0.6) is 0 Å². The molecular weight excluding hydrogens is 397 g/mol. The minimum absolute atomic E-state index is 0.178. The van der Waals surface area contributed by atoms with Crippen molar-refractivity contribution in [2.24, 2.45) is 11.8 Å². The topological polar surface area (TPSA) is 80.3 Å². The molecule has 7 heteroatoms. The van der Waals surface area contributed by atoms with E-state index in [0.717, 1.165) is 42.1 Å². The van der Waals surface area contributed by atoms with Gasteiger partial charge in [0.25, 0.3) is 0 Å². The number of halogens is 1. The largest absolute Gasteiger partial charge is 0.443 e. The van der Waals surface area contributed by atoms with Gasteiger partial charge in [-0.05, 0) is 94.5 Å². The Labute approximate surface area is 182 Å². The van der Waals surface area contributed by atoms with Crippen LogP contribution in [-0.2, 0) is 9.53 Å². The first-order valence-corrected chi connectivity index (χ1v) is 11.0. The Hall–Kier alpha value is -2.70. The van der Waals surface area contributed by atoms with Crippen LogP contribution in [0, 0.1) is 17.7 Å². The molecule has 3 rings (SSSR count). The molecule has 0 aliphatic heterocycles. The Morgan fingerprint density at radius 1 is 1.16 bits per heavy atom. The quantitative estimate of drug-likeness (QED) is 0.652. The summed E-state index contributed by atoms with van der Waals surface area (Å²) < 4.78 is 19.0. The molecule has 6 nitrogen and oxygen atoms in total. The lowest BCUT2D eigenvalue weighted by Gasteiger charge is -2.33. The fourth-order valence-electron chi connectivity index (χ4n) is 4.57. The van der Waals surface area contributed by atoms with Crippen LogP contribution < -0.4 is 10.9 Å². The molecule has 2 amide bonds. The van der Waals surface area contributed by atoms with Crippen LogP contribution in [0.4, 0.5) is 9.18 Å². The van der Waals surface area contributed by atoms with Gasteiger partial charge in [0, 0.05) is 17.5 Å². The maximum absolute atomic E-state index is 13.8. The number of nitrogens with zero attached hydrogens (tertiary/aromatic N) is 1. The number of amides is 2. The Kier molecular flexibility index (Phi) is 7.13. The lowest BCUT2D eigenvalue weighted by atomic mass is 9.72. The summed E-state index contributed by atoms with van der Waals surface area (Å²) in [4.78, 5) is 28.8. The lowest BCUT2D eigenvalue weighted by Crippen LogP contribution is -2.48. The first-order chi connectivity index (χ1) is 14.7. The highest BCUT2D eigenvalue weighted by Crippen LogP contribution is 2.41. The number of carbonyl (C=O) groups is 2. The number of hydrogen-bond acceptors (Lipinski definition) is 4. The molecule has 1 unspecified atom stereocenters.